The summed E-state index contributed by atoms with van der Waals surface area (Å²) in [5.41, 5.74) is 19.2. The van der Waals surface area contributed by atoms with Gasteiger partial charge < -0.3 is 14.5 Å². The lowest BCUT2D eigenvalue weighted by Gasteiger charge is -2.28. The molecule has 0 spiro atoms. The van der Waals surface area contributed by atoms with Crippen molar-refractivity contribution in [2.75, 3.05) is 16.5 Å². The van der Waals surface area contributed by atoms with Gasteiger partial charge in [-0.2, -0.15) is 0 Å². The van der Waals surface area contributed by atoms with Crippen LogP contribution in [-0.2, 0) is 10.8 Å². The van der Waals surface area contributed by atoms with E-state index in [0.717, 1.165) is 83.5 Å². The van der Waals surface area contributed by atoms with Crippen LogP contribution in [0.5, 0.6) is 11.5 Å². The molecule has 0 atom stereocenters. The summed E-state index contributed by atoms with van der Waals surface area (Å²) in [6, 6.07) is 85.2. The van der Waals surface area contributed by atoms with Gasteiger partial charge in [-0.15, -0.1) is 0 Å². The van der Waals surface area contributed by atoms with E-state index in [9.17, 15) is 0 Å². The van der Waals surface area contributed by atoms with Gasteiger partial charge in [0.05, 0.1) is 28.1 Å². The van der Waals surface area contributed by atoms with Crippen LogP contribution in [-0.4, -0.2) is 16.2 Å². The van der Waals surface area contributed by atoms with E-state index in [2.05, 4.69) is 256 Å². The number of hydrogen-bond donors (Lipinski definition) is 0. The lowest BCUT2D eigenvalue weighted by Crippen LogP contribution is -2.25. The van der Waals surface area contributed by atoms with Crippen molar-refractivity contribution in [1.82, 2.24) is 9.55 Å². The average Bonchev–Trinajstić information content (AvgIpc) is 2.57. The summed E-state index contributed by atoms with van der Waals surface area (Å²) in [6.07, 6.45) is 1.72. The average molecular weight is 1040 g/mol. The summed E-state index contributed by atoms with van der Waals surface area (Å²) in [4.78, 5) is 9.91. The molecule has 0 N–H and O–H groups in total. The molecule has 1 aliphatic heterocycles. The Morgan fingerprint density at radius 1 is 0.412 bits per heavy atom. The van der Waals surface area contributed by atoms with Crippen LogP contribution in [0.2, 0.25) is 0 Å². The number of nitrogens with zero attached hydrogens (tertiary/aromatic N) is 4. The van der Waals surface area contributed by atoms with Crippen molar-refractivity contribution in [3.63, 3.8) is 0 Å². The van der Waals surface area contributed by atoms with E-state index in [1.807, 2.05) is 36.4 Å². The molecule has 0 aliphatic carbocycles. The van der Waals surface area contributed by atoms with E-state index >= 15 is 0 Å². The van der Waals surface area contributed by atoms with E-state index in [1.54, 1.807) is 12.3 Å². The molecule has 0 saturated carbocycles. The molecule has 12 aromatic rings. The number of ether oxygens (including phenoxy) is 1. The smallest absolute Gasteiger partial charge is 0.137 e. The van der Waals surface area contributed by atoms with Gasteiger partial charge in [0.1, 0.15) is 24.0 Å². The number of fused-ring (bicyclic) bond motifs is 4. The van der Waals surface area contributed by atoms with Crippen LogP contribution in [0.25, 0.3) is 83.3 Å². The van der Waals surface area contributed by atoms with Crippen LogP contribution >= 0.6 is 0 Å². The van der Waals surface area contributed by atoms with E-state index in [-0.39, 0.29) is 16.4 Å². The highest BCUT2D eigenvalue weighted by molar-refractivity contribution is 6.11. The first-order chi connectivity index (χ1) is 40.0. The maximum Gasteiger partial charge on any atom is 0.137 e. The van der Waals surface area contributed by atoms with Crippen molar-refractivity contribution in [2.45, 2.75) is 59.2 Å². The molecule has 0 amide bonds. The third-order valence-electron chi connectivity index (χ3n) is 15.8. The molecule has 80 heavy (non-hydrogen) atoms. The lowest BCUT2D eigenvalue weighted by molar-refractivity contribution is 0.483. The van der Waals surface area contributed by atoms with E-state index in [0.29, 0.717) is 29.5 Å². The monoisotopic (exact) mass is 1040 g/mol. The topological polar surface area (TPSA) is 33.5 Å². The largest absolute Gasteiger partial charge is 0.457 e. The fourth-order valence-corrected chi connectivity index (χ4v) is 11.5. The molecule has 0 unspecified atom stereocenters. The maximum absolute atomic E-state index is 8.83. The first-order valence-corrected chi connectivity index (χ1v) is 27.6. The Morgan fingerprint density at radius 2 is 0.963 bits per heavy atom. The fraction of sp³-hybridized carbons (Fsp3) is 0.133. The number of anilines is 4. The van der Waals surface area contributed by atoms with Gasteiger partial charge in [0.25, 0.3) is 0 Å². The van der Waals surface area contributed by atoms with Crippen LogP contribution in [0.1, 0.15) is 62.3 Å². The van der Waals surface area contributed by atoms with Gasteiger partial charge in [-0.25, -0.2) is 4.98 Å². The van der Waals surface area contributed by atoms with Gasteiger partial charge in [0.2, 0.25) is 0 Å². The third kappa shape index (κ3) is 9.39. The van der Waals surface area contributed by atoms with Crippen molar-refractivity contribution >= 4 is 44.6 Å². The standard InChI is InChI=1S/C75H64N4O/c1-50-43-72(76-48-67(50)54-33-38-59(39-34-54)75(5,6)7)79-68-42-35-56(52-21-12-9-13-22-52)45-66(68)65-41-40-62(47-71(65)79)80-61-26-17-25-60(46-61)77-49-78(70-30-15-14-29-69(70)77)73-63(53-31-36-58(37-32-53)74(2,3)4)27-18-28-64(73)57-24-16-23-55(44-57)51-19-10-8-11-20-51/h8-48H,49H2,1-7H3/i1D3. The Hall–Kier alpha value is -9.45. The second kappa shape index (κ2) is 20.1. The summed E-state index contributed by atoms with van der Waals surface area (Å²) in [7, 11) is 0. The summed E-state index contributed by atoms with van der Waals surface area (Å²) in [6.45, 7) is 11.4. The molecule has 0 fully saturated rings. The highest BCUT2D eigenvalue weighted by Gasteiger charge is 2.32. The van der Waals surface area contributed by atoms with Gasteiger partial charge in [0, 0.05) is 55.6 Å². The van der Waals surface area contributed by atoms with Crippen molar-refractivity contribution in [2.24, 2.45) is 0 Å². The number of aryl methyl sites for hydroxylation is 1. The molecule has 2 aromatic heterocycles. The molecule has 13 rings (SSSR count). The number of aromatic nitrogens is 2. The van der Waals surface area contributed by atoms with Crippen LogP contribution in [0.4, 0.5) is 22.7 Å². The van der Waals surface area contributed by atoms with Gasteiger partial charge in [-0.3, -0.25) is 4.57 Å². The van der Waals surface area contributed by atoms with E-state index in [1.165, 1.54) is 22.3 Å². The molecule has 5 heteroatoms. The minimum absolute atomic E-state index is 0.0198. The second-order valence-electron chi connectivity index (χ2n) is 23.1. The molecule has 0 bridgehead atoms. The van der Waals surface area contributed by atoms with Gasteiger partial charge in [0.15, 0.2) is 0 Å². The number of benzene rings is 10. The Labute approximate surface area is 474 Å². The third-order valence-corrected chi connectivity index (χ3v) is 15.8. The highest BCUT2D eigenvalue weighted by Crippen LogP contribution is 2.51. The summed E-state index contributed by atoms with van der Waals surface area (Å²) >= 11 is 0. The van der Waals surface area contributed by atoms with Crippen LogP contribution in [0, 0.1) is 6.85 Å². The molecule has 10 aromatic carbocycles. The van der Waals surface area contributed by atoms with E-state index < -0.39 is 6.85 Å². The van der Waals surface area contributed by atoms with Crippen molar-refractivity contribution in [3.8, 4) is 73.0 Å². The second-order valence-corrected chi connectivity index (χ2v) is 23.1. The molecule has 3 heterocycles. The highest BCUT2D eigenvalue weighted by atomic mass is 16.5. The van der Waals surface area contributed by atoms with Crippen molar-refractivity contribution in [3.05, 3.63) is 266 Å². The quantitative estimate of drug-likeness (QED) is 0.137. The van der Waals surface area contributed by atoms with Crippen LogP contribution in [0.3, 0.4) is 0 Å². The van der Waals surface area contributed by atoms with Crippen molar-refractivity contribution < 1.29 is 8.85 Å². The molecule has 0 saturated heterocycles. The first kappa shape index (κ1) is 46.6. The van der Waals surface area contributed by atoms with Gasteiger partial charge in [-0.05, 0) is 134 Å². The normalized spacial score (nSPS) is 13.3. The minimum Gasteiger partial charge on any atom is -0.457 e. The van der Waals surface area contributed by atoms with Crippen LogP contribution < -0.4 is 14.5 Å². The Balaban J connectivity index is 0.891. The Bertz CT molecular complexity index is 4380. The molecule has 5 nitrogen and oxygen atoms in total. The molecule has 1 aliphatic rings. The summed E-state index contributed by atoms with van der Waals surface area (Å²) < 4.78 is 35.5. The summed E-state index contributed by atoms with van der Waals surface area (Å²) in [5, 5.41) is 2.00. The van der Waals surface area contributed by atoms with Crippen molar-refractivity contribution in [1.29, 1.82) is 0 Å². The predicted molar refractivity (Wildman–Crippen MR) is 336 cm³/mol. The molecular weight excluding hydrogens is 973 g/mol. The van der Waals surface area contributed by atoms with Gasteiger partial charge in [-0.1, -0.05) is 211 Å². The molecule has 0 radical (unpaired) electrons. The number of para-hydroxylation sites is 3. The Kier molecular flexibility index (Phi) is 11.7. The number of pyridine rings is 1. The predicted octanol–water partition coefficient (Wildman–Crippen LogP) is 20.5. The van der Waals surface area contributed by atoms with E-state index in [4.69, 9.17) is 13.8 Å². The SMILES string of the molecule is [2H]C([2H])([2H])c1cc(-n2c3ccc(-c4ccccc4)cc3c3ccc(Oc4cccc(N5CN(c6c(-c7ccc(C(C)(C)C)cc7)cccc6-c6cccc(-c7ccccc7)c6)c6ccccc65)c4)cc32)ncc1-c1ccc(C(C)(C)C)cc1. The van der Waals surface area contributed by atoms with Crippen LogP contribution in [0.15, 0.2) is 249 Å². The van der Waals surface area contributed by atoms with Gasteiger partial charge >= 0.3 is 0 Å². The lowest BCUT2D eigenvalue weighted by atomic mass is 9.85. The Morgan fingerprint density at radius 3 is 1.62 bits per heavy atom. The fourth-order valence-electron chi connectivity index (χ4n) is 11.5. The maximum atomic E-state index is 8.83. The zero-order valence-corrected chi connectivity index (χ0v) is 46.1. The summed E-state index contributed by atoms with van der Waals surface area (Å²) in [5.74, 6) is 1.81. The number of rotatable bonds is 10. The number of hydrogen-bond acceptors (Lipinski definition) is 4. The molecule has 390 valence electrons. The zero-order chi connectivity index (χ0) is 57.2. The first-order valence-electron chi connectivity index (χ1n) is 29.1. The molecular formula is C75H64N4O. The minimum atomic E-state index is -2.42. The zero-order valence-electron chi connectivity index (χ0n) is 49.1.